The van der Waals surface area contributed by atoms with Gasteiger partial charge in [0.1, 0.15) is 23.9 Å². The number of benzene rings is 2. The molecule has 1 aliphatic heterocycles. The number of para-hydroxylation sites is 1. The number of hydrogen-bond donors (Lipinski definition) is 0. The first kappa shape index (κ1) is 14.3. The lowest BCUT2D eigenvalue weighted by Gasteiger charge is -2.07. The molecule has 0 fully saturated rings. The van der Waals surface area contributed by atoms with E-state index in [1.807, 2.05) is 54.6 Å². The van der Waals surface area contributed by atoms with Crippen LogP contribution in [0.25, 0.3) is 0 Å². The summed E-state index contributed by atoms with van der Waals surface area (Å²) in [4.78, 5) is 15.8. The van der Waals surface area contributed by atoms with Gasteiger partial charge >= 0.3 is 0 Å². The molecule has 0 amide bonds. The first-order valence-electron chi connectivity index (χ1n) is 7.35. The number of nitrogens with zero attached hydrogens (tertiary/aromatic N) is 1. The largest absolute Gasteiger partial charge is 0.457 e. The molecule has 0 saturated carbocycles. The predicted octanol–water partition coefficient (Wildman–Crippen LogP) is 3.95. The fourth-order valence-electron chi connectivity index (χ4n) is 2.37. The molecule has 3 rings (SSSR count). The minimum absolute atomic E-state index is 0.00102. The van der Waals surface area contributed by atoms with Crippen molar-refractivity contribution >= 4 is 12.0 Å². The Balaban J connectivity index is 1.68. The van der Waals surface area contributed by atoms with Crippen LogP contribution in [0.3, 0.4) is 0 Å². The molecule has 0 saturated heterocycles. The molecule has 0 radical (unpaired) electrons. The first-order valence-corrected chi connectivity index (χ1v) is 7.35. The lowest BCUT2D eigenvalue weighted by atomic mass is 10.0. The Labute approximate surface area is 129 Å². The normalized spacial score (nSPS) is 16.7. The Morgan fingerprint density at radius 1 is 1.14 bits per heavy atom. The molecule has 1 aliphatic rings. The zero-order chi connectivity index (χ0) is 15.2. The molecular weight excluding hydrogens is 278 g/mol. The smallest absolute Gasteiger partial charge is 0.133 e. The highest BCUT2D eigenvalue weighted by molar-refractivity contribution is 6.01. The van der Waals surface area contributed by atoms with Crippen LogP contribution in [0.15, 0.2) is 59.8 Å². The molecule has 0 bridgehead atoms. The lowest BCUT2D eigenvalue weighted by Crippen LogP contribution is -2.08. The van der Waals surface area contributed by atoms with Gasteiger partial charge in [0.2, 0.25) is 0 Å². The van der Waals surface area contributed by atoms with Crippen LogP contribution in [-0.4, -0.2) is 18.1 Å². The number of oxime groups is 1. The molecule has 112 valence electrons. The van der Waals surface area contributed by atoms with Crippen molar-refractivity contribution in [2.24, 2.45) is 5.16 Å². The van der Waals surface area contributed by atoms with E-state index >= 15 is 0 Å². The van der Waals surface area contributed by atoms with Crippen molar-refractivity contribution in [3.63, 3.8) is 0 Å². The van der Waals surface area contributed by atoms with E-state index in [-0.39, 0.29) is 6.10 Å². The average molecular weight is 295 g/mol. The summed E-state index contributed by atoms with van der Waals surface area (Å²) < 4.78 is 5.83. The molecule has 4 nitrogen and oxygen atoms in total. The van der Waals surface area contributed by atoms with Crippen LogP contribution in [-0.2, 0) is 9.63 Å². The number of ether oxygens (including phenoxy) is 1. The summed E-state index contributed by atoms with van der Waals surface area (Å²) in [6, 6.07) is 17.5. The number of carbonyl (C=O) groups excluding carboxylic acids is 1. The van der Waals surface area contributed by atoms with Gasteiger partial charge in [-0.15, -0.1) is 0 Å². The predicted molar refractivity (Wildman–Crippen MR) is 84.3 cm³/mol. The van der Waals surface area contributed by atoms with Crippen molar-refractivity contribution in [3.8, 4) is 11.5 Å². The maximum atomic E-state index is 10.4. The molecule has 22 heavy (non-hydrogen) atoms. The summed E-state index contributed by atoms with van der Waals surface area (Å²) in [6.07, 6.45) is 2.85. The van der Waals surface area contributed by atoms with E-state index in [2.05, 4.69) is 5.16 Å². The Hall–Kier alpha value is -2.62. The zero-order valence-corrected chi connectivity index (χ0v) is 12.1. The van der Waals surface area contributed by atoms with Gasteiger partial charge in [-0.3, -0.25) is 0 Å². The molecule has 2 aromatic rings. The van der Waals surface area contributed by atoms with Crippen molar-refractivity contribution in [2.45, 2.75) is 25.4 Å². The summed E-state index contributed by atoms with van der Waals surface area (Å²) in [5.74, 6) is 1.57. The second kappa shape index (κ2) is 6.89. The number of carbonyl (C=O) groups is 1. The fraction of sp³-hybridized carbons (Fsp3) is 0.222. The summed E-state index contributed by atoms with van der Waals surface area (Å²) in [7, 11) is 0. The van der Waals surface area contributed by atoms with E-state index < -0.39 is 0 Å². The van der Waals surface area contributed by atoms with Gasteiger partial charge in [-0.25, -0.2) is 0 Å². The maximum absolute atomic E-state index is 10.4. The highest BCUT2D eigenvalue weighted by Gasteiger charge is 2.21. The minimum atomic E-state index is -0.00102. The van der Waals surface area contributed by atoms with E-state index in [1.54, 1.807) is 0 Å². The van der Waals surface area contributed by atoms with Gasteiger partial charge in [-0.1, -0.05) is 35.5 Å². The van der Waals surface area contributed by atoms with Gasteiger partial charge in [-0.2, -0.15) is 0 Å². The van der Waals surface area contributed by atoms with Gasteiger partial charge in [-0.05, 0) is 30.7 Å². The quantitative estimate of drug-likeness (QED) is 0.758. The fourth-order valence-corrected chi connectivity index (χ4v) is 2.37. The van der Waals surface area contributed by atoms with Crippen molar-refractivity contribution in [1.29, 1.82) is 0 Å². The summed E-state index contributed by atoms with van der Waals surface area (Å²) in [6.45, 7) is 0. The van der Waals surface area contributed by atoms with Crippen LogP contribution in [0.4, 0.5) is 0 Å². The Kier molecular flexibility index (Phi) is 4.49. The molecule has 1 unspecified atom stereocenters. The Morgan fingerprint density at radius 3 is 2.77 bits per heavy atom. The number of rotatable bonds is 6. The van der Waals surface area contributed by atoms with Crippen LogP contribution in [0.2, 0.25) is 0 Å². The summed E-state index contributed by atoms with van der Waals surface area (Å²) in [5.41, 5.74) is 1.89. The van der Waals surface area contributed by atoms with Crippen molar-refractivity contribution in [1.82, 2.24) is 0 Å². The van der Waals surface area contributed by atoms with Crippen LogP contribution in [0.1, 0.15) is 24.8 Å². The van der Waals surface area contributed by atoms with Crippen LogP contribution < -0.4 is 4.74 Å². The molecular formula is C18H17NO3. The average Bonchev–Trinajstić information content (AvgIpc) is 3.03. The lowest BCUT2D eigenvalue weighted by molar-refractivity contribution is -0.108. The third kappa shape index (κ3) is 3.52. The molecule has 0 aromatic heterocycles. The molecule has 0 aliphatic carbocycles. The van der Waals surface area contributed by atoms with Gasteiger partial charge in [0.25, 0.3) is 0 Å². The maximum Gasteiger partial charge on any atom is 0.133 e. The minimum Gasteiger partial charge on any atom is -0.457 e. The molecule has 0 spiro atoms. The van der Waals surface area contributed by atoms with E-state index in [1.165, 1.54) is 0 Å². The monoisotopic (exact) mass is 295 g/mol. The summed E-state index contributed by atoms with van der Waals surface area (Å²) in [5, 5.41) is 4.13. The van der Waals surface area contributed by atoms with Crippen molar-refractivity contribution < 1.29 is 14.4 Å². The second-order valence-corrected chi connectivity index (χ2v) is 5.16. The van der Waals surface area contributed by atoms with E-state index in [9.17, 15) is 4.79 Å². The molecule has 2 aromatic carbocycles. The first-order chi connectivity index (χ1) is 10.8. The van der Waals surface area contributed by atoms with Crippen molar-refractivity contribution in [2.75, 3.05) is 0 Å². The van der Waals surface area contributed by atoms with Gasteiger partial charge in [0.05, 0.1) is 5.71 Å². The van der Waals surface area contributed by atoms with E-state index in [4.69, 9.17) is 9.57 Å². The van der Waals surface area contributed by atoms with Gasteiger partial charge < -0.3 is 14.4 Å². The van der Waals surface area contributed by atoms with Crippen LogP contribution >= 0.6 is 0 Å². The third-order valence-electron chi connectivity index (χ3n) is 3.49. The Bertz CT molecular complexity index is 667. The molecule has 1 heterocycles. The van der Waals surface area contributed by atoms with Crippen molar-refractivity contribution in [3.05, 3.63) is 60.2 Å². The Morgan fingerprint density at radius 2 is 1.95 bits per heavy atom. The topological polar surface area (TPSA) is 47.9 Å². The zero-order valence-electron chi connectivity index (χ0n) is 12.1. The van der Waals surface area contributed by atoms with Gasteiger partial charge in [0.15, 0.2) is 0 Å². The summed E-state index contributed by atoms with van der Waals surface area (Å²) >= 11 is 0. The molecule has 0 N–H and O–H groups in total. The second-order valence-electron chi connectivity index (χ2n) is 5.16. The highest BCUT2D eigenvalue weighted by atomic mass is 16.6. The molecule has 1 atom stereocenters. The highest BCUT2D eigenvalue weighted by Crippen LogP contribution is 2.25. The van der Waals surface area contributed by atoms with Gasteiger partial charge in [0, 0.05) is 18.4 Å². The van der Waals surface area contributed by atoms with E-state index in [0.717, 1.165) is 35.5 Å². The van der Waals surface area contributed by atoms with Crippen LogP contribution in [0, 0.1) is 0 Å². The number of hydrogen-bond acceptors (Lipinski definition) is 4. The number of aldehydes is 1. The SMILES string of the molecule is O=CCCC1CC(c2cccc(Oc3ccccc3)c2)=NO1. The molecule has 4 heteroatoms. The van der Waals surface area contributed by atoms with E-state index in [0.29, 0.717) is 12.8 Å². The van der Waals surface area contributed by atoms with Crippen LogP contribution in [0.5, 0.6) is 11.5 Å². The standard InChI is InChI=1S/C18H17NO3/c20-11-5-10-17-13-18(19-22-17)14-6-4-9-16(12-14)21-15-7-2-1-3-8-15/h1-4,6-9,11-12,17H,5,10,13H2. The third-order valence-corrected chi connectivity index (χ3v) is 3.49.